The fraction of sp³-hybridized carbons (Fsp3) is 0.545. The van der Waals surface area contributed by atoms with Gasteiger partial charge in [0.25, 0.3) is 0 Å². The topological polar surface area (TPSA) is 91.7 Å². The normalized spacial score (nSPS) is 11.8. The lowest BCUT2D eigenvalue weighted by Crippen LogP contribution is -2.40. The second-order valence-electron chi connectivity index (χ2n) is 8.04. The third-order valence-corrected chi connectivity index (χ3v) is 5.37. The van der Waals surface area contributed by atoms with E-state index >= 15 is 0 Å². The fourth-order valence-corrected chi connectivity index (χ4v) is 3.53. The van der Waals surface area contributed by atoms with Gasteiger partial charge in [-0.05, 0) is 45.2 Å². The number of carbonyl (C=O) groups excluding carboxylic acids is 1. The van der Waals surface area contributed by atoms with Crippen molar-refractivity contribution < 1.29 is 9.53 Å². The Morgan fingerprint density at radius 2 is 2.10 bits per heavy atom. The molecule has 2 rings (SSSR count). The van der Waals surface area contributed by atoms with Crippen LogP contribution in [0, 0.1) is 0 Å². The largest absolute Gasteiger partial charge is 0.444 e. The summed E-state index contributed by atoms with van der Waals surface area (Å²) in [5.74, 6) is 0.712. The molecule has 31 heavy (non-hydrogen) atoms. The standard InChI is InChI=1S/C22H34N6O2S/c1-6-18-14-26-19(31-18)15-27-20(23-5)25-11-8-12-28(21(29)30-22(2,3)4)16-17-9-7-10-24-13-17/h7,9-10,13-14H,6,8,11-12,15-16H2,1-5H3,(H2,23,25,27). The number of nitrogens with one attached hydrogen (secondary N) is 2. The number of thiazole rings is 1. The third-order valence-electron chi connectivity index (χ3n) is 4.23. The number of nitrogens with zero attached hydrogens (tertiary/aromatic N) is 4. The van der Waals surface area contributed by atoms with Gasteiger partial charge in [-0.15, -0.1) is 11.3 Å². The van der Waals surface area contributed by atoms with Crippen LogP contribution < -0.4 is 10.6 Å². The Bertz CT molecular complexity index is 832. The molecule has 0 fully saturated rings. The molecule has 170 valence electrons. The van der Waals surface area contributed by atoms with E-state index in [1.54, 1.807) is 35.7 Å². The Morgan fingerprint density at radius 1 is 1.29 bits per heavy atom. The van der Waals surface area contributed by atoms with E-state index in [4.69, 9.17) is 4.74 Å². The van der Waals surface area contributed by atoms with Crippen molar-refractivity contribution in [3.8, 4) is 0 Å². The number of aliphatic imine (C=N–C) groups is 1. The van der Waals surface area contributed by atoms with Gasteiger partial charge in [-0.25, -0.2) is 9.78 Å². The van der Waals surface area contributed by atoms with Crippen LogP contribution in [0.1, 0.15) is 49.6 Å². The molecule has 0 aliphatic rings. The average molecular weight is 447 g/mol. The molecule has 0 atom stereocenters. The van der Waals surface area contributed by atoms with Crippen molar-refractivity contribution in [1.29, 1.82) is 0 Å². The van der Waals surface area contributed by atoms with E-state index in [1.807, 2.05) is 39.1 Å². The lowest BCUT2D eigenvalue weighted by Gasteiger charge is -2.27. The van der Waals surface area contributed by atoms with Gasteiger partial charge in [0.2, 0.25) is 0 Å². The fourth-order valence-electron chi connectivity index (χ4n) is 2.72. The summed E-state index contributed by atoms with van der Waals surface area (Å²) in [5.41, 5.74) is 0.427. The minimum atomic E-state index is -0.540. The minimum absolute atomic E-state index is 0.325. The highest BCUT2D eigenvalue weighted by atomic mass is 32.1. The first kappa shape index (κ1) is 24.6. The molecule has 2 N–H and O–H groups in total. The van der Waals surface area contributed by atoms with Crippen molar-refractivity contribution >= 4 is 23.4 Å². The quantitative estimate of drug-likeness (QED) is 0.347. The zero-order valence-electron chi connectivity index (χ0n) is 19.1. The molecule has 0 saturated carbocycles. The summed E-state index contributed by atoms with van der Waals surface area (Å²) in [4.78, 5) is 28.4. The van der Waals surface area contributed by atoms with E-state index in [0.29, 0.717) is 32.1 Å². The molecule has 0 aliphatic heterocycles. The predicted molar refractivity (Wildman–Crippen MR) is 125 cm³/mol. The van der Waals surface area contributed by atoms with Crippen LogP contribution in [0.3, 0.4) is 0 Å². The summed E-state index contributed by atoms with van der Waals surface area (Å²) in [6.07, 6.45) is 6.83. The number of hydrogen-bond donors (Lipinski definition) is 2. The van der Waals surface area contributed by atoms with Crippen molar-refractivity contribution in [2.45, 2.75) is 59.2 Å². The first-order valence-electron chi connectivity index (χ1n) is 10.6. The first-order valence-corrected chi connectivity index (χ1v) is 11.4. The molecule has 9 heteroatoms. The predicted octanol–water partition coefficient (Wildman–Crippen LogP) is 3.59. The summed E-state index contributed by atoms with van der Waals surface area (Å²) in [6.45, 7) is 10.1. The Kier molecular flexibility index (Phi) is 9.71. The molecule has 0 spiro atoms. The maximum atomic E-state index is 12.7. The first-order chi connectivity index (χ1) is 14.8. The molecule has 2 heterocycles. The zero-order valence-corrected chi connectivity index (χ0v) is 20.0. The highest BCUT2D eigenvalue weighted by Gasteiger charge is 2.22. The molecule has 1 amide bonds. The molecule has 0 unspecified atom stereocenters. The number of hydrogen-bond acceptors (Lipinski definition) is 6. The van der Waals surface area contributed by atoms with Crippen LogP contribution in [-0.4, -0.2) is 52.7 Å². The van der Waals surface area contributed by atoms with Crippen molar-refractivity contribution in [1.82, 2.24) is 25.5 Å². The Labute approximate surface area is 189 Å². The van der Waals surface area contributed by atoms with Crippen LogP contribution in [0.25, 0.3) is 0 Å². The number of aryl methyl sites for hydroxylation is 1. The van der Waals surface area contributed by atoms with E-state index in [0.717, 1.165) is 23.4 Å². The van der Waals surface area contributed by atoms with Crippen molar-refractivity contribution in [2.75, 3.05) is 20.1 Å². The van der Waals surface area contributed by atoms with Gasteiger partial charge in [0.1, 0.15) is 10.6 Å². The molecular weight excluding hydrogens is 412 g/mol. The number of rotatable bonds is 9. The second kappa shape index (κ2) is 12.2. The Morgan fingerprint density at radius 3 is 2.71 bits per heavy atom. The van der Waals surface area contributed by atoms with Crippen LogP contribution in [0.5, 0.6) is 0 Å². The average Bonchev–Trinajstić information content (AvgIpc) is 3.20. The SMILES string of the molecule is CCc1cnc(CNC(=NC)NCCCN(Cc2cccnc2)C(=O)OC(C)(C)C)s1. The Hall–Kier alpha value is -2.68. The maximum absolute atomic E-state index is 12.7. The van der Waals surface area contributed by atoms with Gasteiger partial charge in [-0.2, -0.15) is 0 Å². The van der Waals surface area contributed by atoms with Gasteiger partial charge in [0.05, 0.1) is 13.1 Å². The van der Waals surface area contributed by atoms with Crippen molar-refractivity contribution in [3.63, 3.8) is 0 Å². The highest BCUT2D eigenvalue weighted by molar-refractivity contribution is 7.11. The molecule has 0 aliphatic carbocycles. The summed E-state index contributed by atoms with van der Waals surface area (Å²) in [7, 11) is 1.74. The molecule has 0 bridgehead atoms. The lowest BCUT2D eigenvalue weighted by molar-refractivity contribution is 0.0232. The Balaban J connectivity index is 1.83. The smallest absolute Gasteiger partial charge is 0.410 e. The van der Waals surface area contributed by atoms with E-state index < -0.39 is 5.60 Å². The monoisotopic (exact) mass is 446 g/mol. The lowest BCUT2D eigenvalue weighted by atomic mass is 10.2. The molecule has 2 aromatic rings. The van der Waals surface area contributed by atoms with Gasteiger partial charge in [-0.1, -0.05) is 13.0 Å². The van der Waals surface area contributed by atoms with Crippen LogP contribution >= 0.6 is 11.3 Å². The number of pyridine rings is 1. The van der Waals surface area contributed by atoms with Gasteiger partial charge in [-0.3, -0.25) is 9.98 Å². The van der Waals surface area contributed by atoms with Crippen LogP contribution in [0.15, 0.2) is 35.7 Å². The van der Waals surface area contributed by atoms with Gasteiger partial charge in [0.15, 0.2) is 5.96 Å². The van der Waals surface area contributed by atoms with Crippen LogP contribution in [-0.2, 0) is 24.2 Å². The molecular formula is C22H34N6O2S. The van der Waals surface area contributed by atoms with Crippen LogP contribution in [0.2, 0.25) is 0 Å². The van der Waals surface area contributed by atoms with Gasteiger partial charge >= 0.3 is 6.09 Å². The zero-order chi connectivity index (χ0) is 22.7. The second-order valence-corrected chi connectivity index (χ2v) is 9.24. The third kappa shape index (κ3) is 9.33. The van der Waals surface area contributed by atoms with Crippen molar-refractivity contribution in [2.24, 2.45) is 4.99 Å². The maximum Gasteiger partial charge on any atom is 0.410 e. The summed E-state index contributed by atoms with van der Waals surface area (Å²) in [5, 5.41) is 7.60. The molecule has 0 saturated heterocycles. The molecule has 8 nitrogen and oxygen atoms in total. The highest BCUT2D eigenvalue weighted by Crippen LogP contribution is 2.13. The van der Waals surface area contributed by atoms with Gasteiger partial charge < -0.3 is 20.3 Å². The minimum Gasteiger partial charge on any atom is -0.444 e. The van der Waals surface area contributed by atoms with Crippen molar-refractivity contribution in [3.05, 3.63) is 46.2 Å². The number of ether oxygens (including phenoxy) is 1. The number of carbonyl (C=O) groups is 1. The number of guanidine groups is 1. The summed E-state index contributed by atoms with van der Waals surface area (Å²) >= 11 is 1.71. The van der Waals surface area contributed by atoms with E-state index in [1.165, 1.54) is 4.88 Å². The molecule has 0 radical (unpaired) electrons. The molecule has 2 aromatic heterocycles. The van der Waals surface area contributed by atoms with E-state index in [2.05, 4.69) is 32.5 Å². The van der Waals surface area contributed by atoms with E-state index in [9.17, 15) is 4.79 Å². The van der Waals surface area contributed by atoms with Crippen LogP contribution in [0.4, 0.5) is 4.79 Å². The van der Waals surface area contributed by atoms with E-state index in [-0.39, 0.29) is 6.09 Å². The summed E-state index contributed by atoms with van der Waals surface area (Å²) < 4.78 is 5.57. The number of amides is 1. The molecule has 0 aromatic carbocycles. The number of aromatic nitrogens is 2. The summed E-state index contributed by atoms with van der Waals surface area (Å²) in [6, 6.07) is 3.82. The van der Waals surface area contributed by atoms with Gasteiger partial charge in [0, 0.05) is 43.6 Å².